The van der Waals surface area contributed by atoms with Gasteiger partial charge in [-0.05, 0) is 32.0 Å². The third-order valence-corrected chi connectivity index (χ3v) is 5.31. The Kier molecular flexibility index (Phi) is 6.00. The summed E-state index contributed by atoms with van der Waals surface area (Å²) in [7, 11) is 0. The Hall–Kier alpha value is -2.55. The molecule has 146 valence electrons. The number of hydrogen-bond acceptors (Lipinski definition) is 6. The molecule has 3 rings (SSSR count). The number of anilines is 1. The van der Waals surface area contributed by atoms with Gasteiger partial charge in [0.1, 0.15) is 12.7 Å². The zero-order valence-electron chi connectivity index (χ0n) is 15.7. The quantitative estimate of drug-likeness (QED) is 0.734. The van der Waals surface area contributed by atoms with Crippen molar-refractivity contribution in [2.75, 3.05) is 24.6 Å². The van der Waals surface area contributed by atoms with Crippen molar-refractivity contribution in [3.63, 3.8) is 0 Å². The van der Waals surface area contributed by atoms with Crippen LogP contribution in [-0.2, 0) is 20.9 Å². The van der Waals surface area contributed by atoms with Crippen LogP contribution in [0, 0.1) is 0 Å². The minimum absolute atomic E-state index is 0.0563. The third-order valence-electron chi connectivity index (χ3n) is 4.29. The first-order chi connectivity index (χ1) is 13.1. The number of hydrogen-bond donors (Lipinski definition) is 1. The Morgan fingerprint density at radius 2 is 2.22 bits per heavy atom. The van der Waals surface area contributed by atoms with E-state index >= 15 is 0 Å². The van der Waals surface area contributed by atoms with Gasteiger partial charge < -0.3 is 19.5 Å². The van der Waals surface area contributed by atoms with Gasteiger partial charge in [0.2, 0.25) is 10.7 Å². The van der Waals surface area contributed by atoms with Crippen molar-refractivity contribution >= 4 is 39.2 Å². The molecule has 1 aliphatic rings. The number of cyclic esters (lactones) is 1. The van der Waals surface area contributed by atoms with E-state index in [0.29, 0.717) is 26.1 Å². The summed E-state index contributed by atoms with van der Waals surface area (Å²) in [5.41, 5.74) is 1.81. The second kappa shape index (κ2) is 8.43. The Bertz CT molecular complexity index is 904. The predicted octanol–water partition coefficient (Wildman–Crippen LogP) is 2.43. The van der Waals surface area contributed by atoms with E-state index in [2.05, 4.69) is 22.0 Å². The Morgan fingerprint density at radius 3 is 2.93 bits per heavy atom. The second-order valence-electron chi connectivity index (χ2n) is 6.06. The molecule has 1 aromatic heterocycles. The van der Waals surface area contributed by atoms with Crippen molar-refractivity contribution in [3.8, 4) is 0 Å². The minimum Gasteiger partial charge on any atom is -0.442 e. The average molecular weight is 392 g/mol. The molecule has 1 fully saturated rings. The maximum Gasteiger partial charge on any atom is 0.414 e. The first-order valence-electron chi connectivity index (χ1n) is 9.11. The highest BCUT2D eigenvalue weighted by molar-refractivity contribution is 7.16. The SMILES string of the molecule is CCON=c1sc2cc(N3C[C@H](CNC(=O)CC)OC3=O)ccc2n1CC. The van der Waals surface area contributed by atoms with Crippen LogP contribution in [0.5, 0.6) is 0 Å². The number of nitrogens with one attached hydrogen (secondary N) is 1. The molecule has 0 saturated carbocycles. The number of thiazole rings is 1. The predicted molar refractivity (Wildman–Crippen MR) is 104 cm³/mol. The number of nitrogens with zero attached hydrogens (tertiary/aromatic N) is 3. The van der Waals surface area contributed by atoms with Crippen molar-refractivity contribution in [1.29, 1.82) is 0 Å². The summed E-state index contributed by atoms with van der Waals surface area (Å²) in [5, 5.41) is 6.94. The first kappa shape index (κ1) is 19.2. The zero-order chi connectivity index (χ0) is 19.4. The van der Waals surface area contributed by atoms with Crippen LogP contribution in [0.4, 0.5) is 10.5 Å². The summed E-state index contributed by atoms with van der Waals surface area (Å²) in [6.45, 7) is 7.75. The van der Waals surface area contributed by atoms with Crippen LogP contribution in [0.25, 0.3) is 10.2 Å². The van der Waals surface area contributed by atoms with E-state index < -0.39 is 6.09 Å². The number of fused-ring (bicyclic) bond motifs is 1. The van der Waals surface area contributed by atoms with E-state index in [9.17, 15) is 9.59 Å². The van der Waals surface area contributed by atoms with Gasteiger partial charge in [0, 0.05) is 18.7 Å². The van der Waals surface area contributed by atoms with Gasteiger partial charge >= 0.3 is 6.09 Å². The fourth-order valence-corrected chi connectivity index (χ4v) is 4.00. The molecular weight excluding hydrogens is 368 g/mol. The second-order valence-corrected chi connectivity index (χ2v) is 7.07. The van der Waals surface area contributed by atoms with Gasteiger partial charge in [0.25, 0.3) is 0 Å². The molecule has 8 nitrogen and oxygen atoms in total. The molecule has 1 saturated heterocycles. The molecule has 0 spiro atoms. The topological polar surface area (TPSA) is 85.2 Å². The number of aromatic nitrogens is 1. The van der Waals surface area contributed by atoms with Crippen LogP contribution in [0.1, 0.15) is 27.2 Å². The van der Waals surface area contributed by atoms with E-state index in [1.165, 1.54) is 11.3 Å². The molecule has 0 aliphatic carbocycles. The standard InChI is InChI=1S/C18H24N4O4S/c1-4-16(23)19-10-13-11-22(18(24)26-13)12-7-8-14-15(9-12)27-17(20-25-6-3)21(14)5-2/h7-9,13H,4-6,10-11H2,1-3H3,(H,19,23)/t13-/m0/s1. The number of ether oxygens (including phenoxy) is 1. The number of carbonyl (C=O) groups is 2. The highest BCUT2D eigenvalue weighted by atomic mass is 32.1. The van der Waals surface area contributed by atoms with Crippen molar-refractivity contribution in [2.24, 2.45) is 5.16 Å². The van der Waals surface area contributed by atoms with E-state index in [4.69, 9.17) is 9.57 Å². The van der Waals surface area contributed by atoms with E-state index in [1.54, 1.807) is 11.8 Å². The smallest absolute Gasteiger partial charge is 0.414 e. The van der Waals surface area contributed by atoms with Crippen LogP contribution in [0.3, 0.4) is 0 Å². The van der Waals surface area contributed by atoms with E-state index in [-0.39, 0.29) is 12.0 Å². The summed E-state index contributed by atoms with van der Waals surface area (Å²) in [6.07, 6.45) is -0.341. The maximum absolute atomic E-state index is 12.3. The summed E-state index contributed by atoms with van der Waals surface area (Å²) >= 11 is 1.52. The fraction of sp³-hybridized carbons (Fsp3) is 0.500. The number of benzene rings is 1. The average Bonchev–Trinajstić information content (AvgIpc) is 3.23. The lowest BCUT2D eigenvalue weighted by molar-refractivity contribution is -0.121. The largest absolute Gasteiger partial charge is 0.442 e. The number of carbonyl (C=O) groups excluding carboxylic acids is 2. The van der Waals surface area contributed by atoms with Crippen LogP contribution in [0.2, 0.25) is 0 Å². The van der Waals surface area contributed by atoms with Crippen LogP contribution < -0.4 is 15.0 Å². The summed E-state index contributed by atoms with van der Waals surface area (Å²) in [6, 6.07) is 5.85. The van der Waals surface area contributed by atoms with Crippen molar-refractivity contribution < 1.29 is 19.2 Å². The van der Waals surface area contributed by atoms with Gasteiger partial charge in [-0.3, -0.25) is 9.69 Å². The van der Waals surface area contributed by atoms with Gasteiger partial charge in [0.05, 0.1) is 23.3 Å². The lowest BCUT2D eigenvalue weighted by atomic mass is 10.2. The first-order valence-corrected chi connectivity index (χ1v) is 9.93. The number of aryl methyl sites for hydroxylation is 1. The van der Waals surface area contributed by atoms with E-state index in [1.807, 2.05) is 25.1 Å². The lowest BCUT2D eigenvalue weighted by Crippen LogP contribution is -2.34. The van der Waals surface area contributed by atoms with Crippen LogP contribution in [-0.4, -0.2) is 42.4 Å². The highest BCUT2D eigenvalue weighted by Gasteiger charge is 2.32. The Labute approximate surface area is 161 Å². The third kappa shape index (κ3) is 4.08. The van der Waals surface area contributed by atoms with Gasteiger partial charge in [-0.15, -0.1) is 0 Å². The molecule has 2 heterocycles. The molecule has 27 heavy (non-hydrogen) atoms. The molecule has 1 atom stereocenters. The minimum atomic E-state index is -0.399. The summed E-state index contributed by atoms with van der Waals surface area (Å²) in [4.78, 5) is 31.2. The molecule has 1 N–H and O–H groups in total. The van der Waals surface area contributed by atoms with Gasteiger partial charge in [-0.2, -0.15) is 0 Å². The monoisotopic (exact) mass is 392 g/mol. The highest BCUT2D eigenvalue weighted by Crippen LogP contribution is 2.27. The van der Waals surface area contributed by atoms with Crippen LogP contribution >= 0.6 is 11.3 Å². The molecule has 2 aromatic rings. The van der Waals surface area contributed by atoms with Crippen LogP contribution in [0.15, 0.2) is 23.4 Å². The summed E-state index contributed by atoms with van der Waals surface area (Å²) in [5.74, 6) is -0.0563. The Morgan fingerprint density at radius 1 is 1.41 bits per heavy atom. The normalized spacial score (nSPS) is 17.4. The van der Waals surface area contributed by atoms with Crippen molar-refractivity contribution in [3.05, 3.63) is 23.0 Å². The molecule has 0 unspecified atom stereocenters. The molecule has 9 heteroatoms. The van der Waals surface area contributed by atoms with Crippen molar-refractivity contribution in [1.82, 2.24) is 9.88 Å². The van der Waals surface area contributed by atoms with Gasteiger partial charge in [-0.1, -0.05) is 23.4 Å². The van der Waals surface area contributed by atoms with Gasteiger partial charge in [0.15, 0.2) is 0 Å². The zero-order valence-corrected chi connectivity index (χ0v) is 16.5. The van der Waals surface area contributed by atoms with Gasteiger partial charge in [-0.25, -0.2) is 4.79 Å². The molecule has 2 amide bonds. The molecule has 0 radical (unpaired) electrons. The van der Waals surface area contributed by atoms with E-state index in [0.717, 1.165) is 27.3 Å². The molecular formula is C18H24N4O4S. The number of rotatable bonds is 7. The molecule has 1 aromatic carbocycles. The molecule has 1 aliphatic heterocycles. The van der Waals surface area contributed by atoms with Crippen molar-refractivity contribution in [2.45, 2.75) is 39.8 Å². The number of amides is 2. The lowest BCUT2D eigenvalue weighted by Gasteiger charge is -2.13. The maximum atomic E-state index is 12.3. The summed E-state index contributed by atoms with van der Waals surface area (Å²) < 4.78 is 8.46. The Balaban J connectivity index is 1.83. The molecule has 0 bridgehead atoms. The fourth-order valence-electron chi connectivity index (χ4n) is 2.92.